The molecule has 0 saturated carbocycles. The van der Waals surface area contributed by atoms with Gasteiger partial charge in [-0.3, -0.25) is 0 Å². The van der Waals surface area contributed by atoms with Crippen LogP contribution in [0.25, 0.3) is 10.7 Å². The van der Waals surface area contributed by atoms with E-state index in [1.165, 1.54) is 11.3 Å². The molecule has 0 aliphatic rings. The number of halogens is 1. The Bertz CT molecular complexity index is 341. The third-order valence-electron chi connectivity index (χ3n) is 1.13. The summed E-state index contributed by atoms with van der Waals surface area (Å²) in [5.74, 6) is 0. The number of hydrogen-bond acceptors (Lipinski definition) is 4. The second-order valence-corrected chi connectivity index (χ2v) is 4.16. The first-order valence-electron chi connectivity index (χ1n) is 2.87. The quantitative estimate of drug-likeness (QED) is 0.711. The summed E-state index contributed by atoms with van der Waals surface area (Å²) < 4.78 is 0.565. The van der Waals surface area contributed by atoms with Crippen molar-refractivity contribution in [2.75, 3.05) is 0 Å². The second kappa shape index (κ2) is 2.89. The number of rotatable bonds is 1. The van der Waals surface area contributed by atoms with Gasteiger partial charge in [-0.15, -0.1) is 22.7 Å². The summed E-state index contributed by atoms with van der Waals surface area (Å²) in [6.45, 7) is 0. The van der Waals surface area contributed by atoms with Crippen molar-refractivity contribution in [2.45, 2.75) is 0 Å². The lowest BCUT2D eigenvalue weighted by molar-refractivity contribution is 1.34. The number of aromatic nitrogens is 2. The molecule has 2 aromatic heterocycles. The van der Waals surface area contributed by atoms with Crippen molar-refractivity contribution in [3.05, 3.63) is 21.4 Å². The maximum Gasteiger partial charge on any atom is 0.184 e. The minimum Gasteiger partial charge on any atom is -0.243 e. The Morgan fingerprint density at radius 1 is 1.36 bits per heavy atom. The predicted octanol–water partition coefficient (Wildman–Crippen LogP) is 2.92. The lowest BCUT2D eigenvalue weighted by Crippen LogP contribution is -1.72. The fraction of sp³-hybridized carbons (Fsp3) is 0. The Labute approximate surface area is 76.5 Å². The molecule has 5 heteroatoms. The average molecular weight is 203 g/mol. The molecule has 0 unspecified atom stereocenters. The van der Waals surface area contributed by atoms with Gasteiger partial charge in [-0.1, -0.05) is 11.6 Å². The van der Waals surface area contributed by atoms with Gasteiger partial charge in [0.15, 0.2) is 4.47 Å². The highest BCUT2D eigenvalue weighted by molar-refractivity contribution is 7.15. The molecule has 0 amide bonds. The summed E-state index contributed by atoms with van der Waals surface area (Å²) in [5.41, 5.74) is 0.870. The van der Waals surface area contributed by atoms with Crippen molar-refractivity contribution in [1.82, 2.24) is 9.97 Å². The van der Waals surface area contributed by atoms with Crippen LogP contribution in [-0.4, -0.2) is 9.97 Å². The van der Waals surface area contributed by atoms with Gasteiger partial charge in [-0.2, -0.15) is 0 Å². The van der Waals surface area contributed by atoms with Crippen LogP contribution in [0.4, 0.5) is 0 Å². The van der Waals surface area contributed by atoms with Gasteiger partial charge < -0.3 is 0 Å². The summed E-state index contributed by atoms with van der Waals surface area (Å²) in [6.07, 6.45) is 1.76. The van der Waals surface area contributed by atoms with E-state index in [2.05, 4.69) is 9.97 Å². The molecular weight excluding hydrogens is 200 g/mol. The van der Waals surface area contributed by atoms with Gasteiger partial charge in [0.1, 0.15) is 10.7 Å². The summed E-state index contributed by atoms with van der Waals surface area (Å²) in [5, 5.41) is 4.75. The predicted molar refractivity (Wildman–Crippen MR) is 48.2 cm³/mol. The van der Waals surface area contributed by atoms with Gasteiger partial charge in [0.25, 0.3) is 0 Å². The second-order valence-electron chi connectivity index (χ2n) is 1.82. The van der Waals surface area contributed by atoms with E-state index in [-0.39, 0.29) is 0 Å². The maximum atomic E-state index is 5.66. The molecule has 0 atom stereocenters. The van der Waals surface area contributed by atoms with Crippen LogP contribution in [-0.2, 0) is 0 Å². The van der Waals surface area contributed by atoms with Crippen molar-refractivity contribution in [3.63, 3.8) is 0 Å². The zero-order valence-electron chi connectivity index (χ0n) is 5.32. The van der Waals surface area contributed by atoms with Crippen molar-refractivity contribution in [2.24, 2.45) is 0 Å². The summed E-state index contributed by atoms with van der Waals surface area (Å²) >= 11 is 8.65. The highest BCUT2D eigenvalue weighted by Crippen LogP contribution is 2.25. The monoisotopic (exact) mass is 202 g/mol. The lowest BCUT2D eigenvalue weighted by Gasteiger charge is -1.82. The third kappa shape index (κ3) is 1.42. The number of nitrogens with zero attached hydrogens (tertiary/aromatic N) is 2. The normalized spacial score (nSPS) is 10.3. The smallest absolute Gasteiger partial charge is 0.184 e. The molecule has 0 bridgehead atoms. The van der Waals surface area contributed by atoms with Crippen LogP contribution in [0.1, 0.15) is 0 Å². The van der Waals surface area contributed by atoms with Gasteiger partial charge in [0, 0.05) is 17.0 Å². The first-order valence-corrected chi connectivity index (χ1v) is 5.01. The maximum absolute atomic E-state index is 5.66. The van der Waals surface area contributed by atoms with Crippen LogP contribution < -0.4 is 0 Å². The van der Waals surface area contributed by atoms with E-state index >= 15 is 0 Å². The van der Waals surface area contributed by atoms with Crippen LogP contribution >= 0.6 is 34.3 Å². The van der Waals surface area contributed by atoms with Crippen molar-refractivity contribution >= 4 is 34.3 Å². The topological polar surface area (TPSA) is 25.8 Å². The van der Waals surface area contributed by atoms with E-state index in [9.17, 15) is 0 Å². The molecule has 0 aromatic carbocycles. The third-order valence-corrected chi connectivity index (χ3v) is 2.90. The number of thiazole rings is 2. The molecular formula is C6H3ClN2S2. The first-order chi connectivity index (χ1) is 5.36. The van der Waals surface area contributed by atoms with E-state index in [1.54, 1.807) is 17.5 Å². The molecule has 0 spiro atoms. The Morgan fingerprint density at radius 2 is 2.27 bits per heavy atom. The molecule has 0 fully saturated rings. The van der Waals surface area contributed by atoms with E-state index in [0.717, 1.165) is 10.7 Å². The van der Waals surface area contributed by atoms with Crippen LogP contribution in [0.5, 0.6) is 0 Å². The highest BCUT2D eigenvalue weighted by atomic mass is 35.5. The molecule has 2 aromatic rings. The van der Waals surface area contributed by atoms with Gasteiger partial charge >= 0.3 is 0 Å². The van der Waals surface area contributed by atoms with E-state index in [0.29, 0.717) is 4.47 Å². The van der Waals surface area contributed by atoms with Crippen LogP contribution in [0.3, 0.4) is 0 Å². The SMILES string of the molecule is Clc1nc(-c2nccs2)cs1. The van der Waals surface area contributed by atoms with Crippen molar-refractivity contribution < 1.29 is 0 Å². The van der Waals surface area contributed by atoms with E-state index < -0.39 is 0 Å². The zero-order valence-corrected chi connectivity index (χ0v) is 7.71. The molecule has 0 saturated heterocycles. The fourth-order valence-electron chi connectivity index (χ4n) is 0.700. The van der Waals surface area contributed by atoms with Gasteiger partial charge in [-0.05, 0) is 0 Å². The Hall–Kier alpha value is -0.450. The van der Waals surface area contributed by atoms with Crippen molar-refractivity contribution in [1.29, 1.82) is 0 Å². The molecule has 0 N–H and O–H groups in total. The van der Waals surface area contributed by atoms with Gasteiger partial charge in [0.2, 0.25) is 0 Å². The lowest BCUT2D eigenvalue weighted by atomic mass is 10.5. The minimum atomic E-state index is 0.565. The average Bonchev–Trinajstić information content (AvgIpc) is 2.55. The Kier molecular flexibility index (Phi) is 1.89. The van der Waals surface area contributed by atoms with Gasteiger partial charge in [0.05, 0.1) is 0 Å². The van der Waals surface area contributed by atoms with Crippen LogP contribution in [0.15, 0.2) is 17.0 Å². The van der Waals surface area contributed by atoms with Crippen molar-refractivity contribution in [3.8, 4) is 10.7 Å². The van der Waals surface area contributed by atoms with E-state index in [1.807, 2.05) is 10.8 Å². The highest BCUT2D eigenvalue weighted by Gasteiger charge is 2.03. The Morgan fingerprint density at radius 3 is 2.82 bits per heavy atom. The summed E-state index contributed by atoms with van der Waals surface area (Å²) in [7, 11) is 0. The fourth-order valence-corrected chi connectivity index (χ4v) is 2.12. The largest absolute Gasteiger partial charge is 0.243 e. The first kappa shape index (κ1) is 7.21. The molecule has 0 radical (unpaired) electrons. The molecule has 11 heavy (non-hydrogen) atoms. The summed E-state index contributed by atoms with van der Waals surface area (Å²) in [6, 6.07) is 0. The Balaban J connectivity index is 2.45. The van der Waals surface area contributed by atoms with Crippen LogP contribution in [0, 0.1) is 0 Å². The molecule has 0 aliphatic carbocycles. The molecule has 56 valence electrons. The summed E-state index contributed by atoms with van der Waals surface area (Å²) in [4.78, 5) is 8.19. The minimum absolute atomic E-state index is 0.565. The standard InChI is InChI=1S/C6H3ClN2S2/c7-6-9-4(3-11-6)5-8-1-2-10-5/h1-3H. The molecule has 2 heterocycles. The molecule has 0 aliphatic heterocycles. The van der Waals surface area contributed by atoms with Crippen LogP contribution in [0.2, 0.25) is 4.47 Å². The number of hydrogen-bond donors (Lipinski definition) is 0. The van der Waals surface area contributed by atoms with E-state index in [4.69, 9.17) is 11.6 Å². The zero-order chi connectivity index (χ0) is 7.68. The van der Waals surface area contributed by atoms with Gasteiger partial charge in [-0.25, -0.2) is 9.97 Å². The molecule has 2 rings (SSSR count). The molecule has 2 nitrogen and oxygen atoms in total.